The second kappa shape index (κ2) is 10.6. The summed E-state index contributed by atoms with van der Waals surface area (Å²) in [5, 5.41) is 12.8. The highest BCUT2D eigenvalue weighted by Gasteiger charge is 2.26. The Kier molecular flexibility index (Phi) is 7.67. The van der Waals surface area contributed by atoms with Gasteiger partial charge in [0.15, 0.2) is 0 Å². The van der Waals surface area contributed by atoms with Gasteiger partial charge in [-0.25, -0.2) is 4.98 Å². The molecule has 0 bridgehead atoms. The molecule has 7 nitrogen and oxygen atoms in total. The SMILES string of the molecule is CC[C@H](O)CC(=O)NC1CCC(CCN2CCN(c3nccc4c3CCO4)CC2)CC1. The van der Waals surface area contributed by atoms with Crippen LogP contribution in [0.1, 0.15) is 57.4 Å². The van der Waals surface area contributed by atoms with Crippen LogP contribution in [0.15, 0.2) is 12.3 Å². The molecule has 1 aliphatic carbocycles. The van der Waals surface area contributed by atoms with E-state index in [0.29, 0.717) is 12.5 Å². The minimum Gasteiger partial charge on any atom is -0.493 e. The lowest BCUT2D eigenvalue weighted by Gasteiger charge is -2.37. The highest BCUT2D eigenvalue weighted by atomic mass is 16.5. The van der Waals surface area contributed by atoms with Gasteiger partial charge in [0, 0.05) is 50.4 Å². The van der Waals surface area contributed by atoms with E-state index in [-0.39, 0.29) is 12.3 Å². The highest BCUT2D eigenvalue weighted by Crippen LogP contribution is 2.32. The van der Waals surface area contributed by atoms with Crippen LogP contribution in [0.5, 0.6) is 5.75 Å². The van der Waals surface area contributed by atoms with Crippen molar-refractivity contribution >= 4 is 11.7 Å². The maximum Gasteiger partial charge on any atom is 0.222 e. The number of aliphatic hydroxyl groups excluding tert-OH is 1. The van der Waals surface area contributed by atoms with Crippen molar-refractivity contribution < 1.29 is 14.6 Å². The molecule has 2 fully saturated rings. The van der Waals surface area contributed by atoms with Gasteiger partial charge in [-0.3, -0.25) is 9.69 Å². The molecule has 0 aromatic carbocycles. The molecule has 2 N–H and O–H groups in total. The summed E-state index contributed by atoms with van der Waals surface area (Å²) >= 11 is 0. The molecule has 2 aliphatic heterocycles. The molecule has 7 heteroatoms. The topological polar surface area (TPSA) is 77.9 Å². The second-order valence-corrected chi connectivity index (χ2v) is 9.38. The smallest absolute Gasteiger partial charge is 0.222 e. The largest absolute Gasteiger partial charge is 0.493 e. The van der Waals surface area contributed by atoms with Gasteiger partial charge in [-0.05, 0) is 57.1 Å². The first-order valence-electron chi connectivity index (χ1n) is 12.2. The number of carbonyl (C=O) groups is 1. The van der Waals surface area contributed by atoms with Crippen LogP contribution in [0.25, 0.3) is 0 Å². The number of nitrogens with zero attached hydrogens (tertiary/aromatic N) is 3. The van der Waals surface area contributed by atoms with Crippen LogP contribution < -0.4 is 15.0 Å². The minimum atomic E-state index is -0.510. The molecule has 1 aromatic heterocycles. The van der Waals surface area contributed by atoms with Crippen molar-refractivity contribution in [1.29, 1.82) is 0 Å². The number of fused-ring (bicyclic) bond motifs is 1. The van der Waals surface area contributed by atoms with Crippen LogP contribution in [-0.4, -0.2) is 72.4 Å². The molecule has 3 aliphatic rings. The normalized spacial score (nSPS) is 25.0. The van der Waals surface area contributed by atoms with Crippen LogP contribution >= 0.6 is 0 Å². The molecule has 1 amide bonds. The fraction of sp³-hybridized carbons (Fsp3) is 0.750. The summed E-state index contributed by atoms with van der Waals surface area (Å²) in [6.45, 7) is 8.11. The van der Waals surface area contributed by atoms with Crippen LogP contribution in [-0.2, 0) is 11.2 Å². The van der Waals surface area contributed by atoms with Crippen LogP contribution in [0.4, 0.5) is 5.82 Å². The quantitative estimate of drug-likeness (QED) is 0.659. The molecule has 1 aromatic rings. The van der Waals surface area contributed by atoms with Crippen molar-refractivity contribution in [2.75, 3.05) is 44.2 Å². The van der Waals surface area contributed by atoms with Gasteiger partial charge in [-0.1, -0.05) is 6.92 Å². The van der Waals surface area contributed by atoms with Gasteiger partial charge in [-0.2, -0.15) is 0 Å². The van der Waals surface area contributed by atoms with E-state index < -0.39 is 6.10 Å². The van der Waals surface area contributed by atoms with Crippen molar-refractivity contribution in [3.8, 4) is 5.75 Å². The maximum absolute atomic E-state index is 12.0. The zero-order valence-corrected chi connectivity index (χ0v) is 18.9. The number of amides is 1. The Morgan fingerprint density at radius 2 is 2.03 bits per heavy atom. The summed E-state index contributed by atoms with van der Waals surface area (Å²) in [5.41, 5.74) is 1.28. The summed E-state index contributed by atoms with van der Waals surface area (Å²) in [7, 11) is 0. The third kappa shape index (κ3) is 5.89. The summed E-state index contributed by atoms with van der Waals surface area (Å²) in [6, 6.07) is 2.27. The van der Waals surface area contributed by atoms with E-state index in [0.717, 1.165) is 69.5 Å². The average Bonchev–Trinajstić information content (AvgIpc) is 3.28. The molecule has 1 saturated heterocycles. The van der Waals surface area contributed by atoms with Crippen molar-refractivity contribution in [2.24, 2.45) is 5.92 Å². The van der Waals surface area contributed by atoms with Gasteiger partial charge < -0.3 is 20.1 Å². The number of aliphatic hydroxyl groups is 1. The molecular weight excluding hydrogens is 392 g/mol. The zero-order chi connectivity index (χ0) is 21.6. The van der Waals surface area contributed by atoms with Crippen LogP contribution in [0, 0.1) is 5.92 Å². The van der Waals surface area contributed by atoms with Crippen LogP contribution in [0.2, 0.25) is 0 Å². The van der Waals surface area contributed by atoms with Crippen LogP contribution in [0.3, 0.4) is 0 Å². The third-order valence-electron chi connectivity index (χ3n) is 7.23. The molecule has 31 heavy (non-hydrogen) atoms. The summed E-state index contributed by atoms with van der Waals surface area (Å²) in [6.07, 6.45) is 8.98. The first-order valence-corrected chi connectivity index (χ1v) is 12.2. The predicted molar refractivity (Wildman–Crippen MR) is 122 cm³/mol. The summed E-state index contributed by atoms with van der Waals surface area (Å²) in [5.74, 6) is 2.91. The van der Waals surface area contributed by atoms with E-state index in [4.69, 9.17) is 4.74 Å². The van der Waals surface area contributed by atoms with Gasteiger partial charge in [0.25, 0.3) is 0 Å². The van der Waals surface area contributed by atoms with Gasteiger partial charge in [0.2, 0.25) is 5.91 Å². The maximum atomic E-state index is 12.0. The minimum absolute atomic E-state index is 0.000724. The zero-order valence-electron chi connectivity index (χ0n) is 18.9. The van der Waals surface area contributed by atoms with Crippen molar-refractivity contribution in [3.63, 3.8) is 0 Å². The molecule has 1 saturated carbocycles. The molecule has 172 valence electrons. The summed E-state index contributed by atoms with van der Waals surface area (Å²) in [4.78, 5) is 21.7. The second-order valence-electron chi connectivity index (χ2n) is 9.38. The van der Waals surface area contributed by atoms with Gasteiger partial charge in [0.1, 0.15) is 11.6 Å². The monoisotopic (exact) mass is 430 g/mol. The first-order chi connectivity index (χ1) is 15.1. The molecule has 4 rings (SSSR count). The van der Waals surface area contributed by atoms with E-state index in [1.54, 1.807) is 0 Å². The predicted octanol–water partition coefficient (Wildman–Crippen LogP) is 2.36. The number of ether oxygens (including phenoxy) is 1. The Balaban J connectivity index is 1.14. The fourth-order valence-corrected chi connectivity index (χ4v) is 5.16. The van der Waals surface area contributed by atoms with E-state index in [1.807, 2.05) is 19.2 Å². The number of carbonyl (C=O) groups excluding carboxylic acids is 1. The lowest BCUT2D eigenvalue weighted by Crippen LogP contribution is -2.47. The molecule has 0 spiro atoms. The number of aromatic nitrogens is 1. The Morgan fingerprint density at radius 3 is 2.77 bits per heavy atom. The Bertz CT molecular complexity index is 728. The number of rotatable bonds is 8. The van der Waals surface area contributed by atoms with Crippen molar-refractivity contribution in [2.45, 2.75) is 70.4 Å². The Labute approximate surface area is 186 Å². The van der Waals surface area contributed by atoms with Gasteiger partial charge in [0.05, 0.1) is 19.1 Å². The Morgan fingerprint density at radius 1 is 1.26 bits per heavy atom. The van der Waals surface area contributed by atoms with Gasteiger partial charge in [-0.15, -0.1) is 0 Å². The number of anilines is 1. The van der Waals surface area contributed by atoms with Gasteiger partial charge >= 0.3 is 0 Å². The fourth-order valence-electron chi connectivity index (χ4n) is 5.16. The van der Waals surface area contributed by atoms with E-state index >= 15 is 0 Å². The average molecular weight is 431 g/mol. The van der Waals surface area contributed by atoms with E-state index in [1.165, 1.54) is 31.4 Å². The molecule has 3 heterocycles. The Hall–Kier alpha value is -1.86. The number of hydrogen-bond acceptors (Lipinski definition) is 6. The molecule has 0 unspecified atom stereocenters. The first kappa shape index (κ1) is 22.3. The molecule has 0 radical (unpaired) electrons. The van der Waals surface area contributed by atoms with Crippen molar-refractivity contribution in [3.05, 3.63) is 17.8 Å². The van der Waals surface area contributed by atoms with E-state index in [9.17, 15) is 9.90 Å². The lowest BCUT2D eigenvalue weighted by molar-refractivity contribution is -0.124. The number of hydrogen-bond donors (Lipinski definition) is 2. The third-order valence-corrected chi connectivity index (χ3v) is 7.23. The standard InChI is InChI=1S/C24H38N4O3/c1-2-20(29)17-23(30)26-19-5-3-18(4-6-19)8-11-27-12-14-28(15-13-27)24-21-9-16-31-22(21)7-10-25-24/h7,10,18-20,29H,2-6,8-9,11-17H2,1H3,(H,26,30)/t18?,19?,20-/m0/s1. The summed E-state index contributed by atoms with van der Waals surface area (Å²) < 4.78 is 5.70. The number of nitrogens with one attached hydrogen (secondary N) is 1. The lowest BCUT2D eigenvalue weighted by atomic mass is 9.84. The molecule has 1 atom stereocenters. The number of pyridine rings is 1. The molecular formula is C24H38N4O3. The van der Waals surface area contributed by atoms with Crippen molar-refractivity contribution in [1.82, 2.24) is 15.2 Å². The number of piperazine rings is 1. The highest BCUT2D eigenvalue weighted by molar-refractivity contribution is 5.76. The van der Waals surface area contributed by atoms with E-state index in [2.05, 4.69) is 20.1 Å².